The molecule has 0 heterocycles. The van der Waals surface area contributed by atoms with Crippen molar-refractivity contribution in [2.75, 3.05) is 6.61 Å². The molecule has 0 fully saturated rings. The molecule has 1 nitrogen and oxygen atoms in total. The van der Waals surface area contributed by atoms with E-state index in [4.69, 9.17) is 4.74 Å². The highest BCUT2D eigenvalue weighted by molar-refractivity contribution is 4.79. The van der Waals surface area contributed by atoms with E-state index in [-0.39, 0.29) is 0 Å². The van der Waals surface area contributed by atoms with Gasteiger partial charge in [-0.25, -0.2) is 0 Å². The fourth-order valence-corrected chi connectivity index (χ4v) is 5.12. The van der Waals surface area contributed by atoms with Crippen molar-refractivity contribution in [1.82, 2.24) is 0 Å². The van der Waals surface area contributed by atoms with E-state index >= 15 is 0 Å². The zero-order chi connectivity index (χ0) is 23.0. The van der Waals surface area contributed by atoms with Gasteiger partial charge in [0.2, 0.25) is 0 Å². The Morgan fingerprint density at radius 2 is 0.871 bits per heavy atom. The summed E-state index contributed by atoms with van der Waals surface area (Å²) in [6.07, 6.45) is 31.1. The fourth-order valence-electron chi connectivity index (χ4n) is 5.12. The van der Waals surface area contributed by atoms with Gasteiger partial charge in [0.1, 0.15) is 0 Å². The third-order valence-corrected chi connectivity index (χ3v) is 7.40. The van der Waals surface area contributed by atoms with Crippen molar-refractivity contribution in [2.24, 2.45) is 5.41 Å². The average molecular weight is 439 g/mol. The molecule has 0 spiro atoms. The van der Waals surface area contributed by atoms with E-state index in [9.17, 15) is 0 Å². The highest BCUT2D eigenvalue weighted by atomic mass is 16.5. The van der Waals surface area contributed by atoms with Crippen molar-refractivity contribution in [3.8, 4) is 0 Å². The van der Waals surface area contributed by atoms with Gasteiger partial charge in [-0.15, -0.1) is 0 Å². The summed E-state index contributed by atoms with van der Waals surface area (Å²) in [5.41, 5.74) is 0.671. The molecule has 0 saturated carbocycles. The van der Waals surface area contributed by atoms with Gasteiger partial charge in [-0.05, 0) is 50.4 Å². The molecule has 0 rings (SSSR count). The first kappa shape index (κ1) is 31.0. The minimum atomic E-state index is 0.530. The van der Waals surface area contributed by atoms with Crippen LogP contribution in [0.25, 0.3) is 0 Å². The predicted molar refractivity (Wildman–Crippen MR) is 142 cm³/mol. The van der Waals surface area contributed by atoms with Crippen LogP contribution in [0, 0.1) is 5.41 Å². The summed E-state index contributed by atoms with van der Waals surface area (Å²) in [6.45, 7) is 12.6. The lowest BCUT2D eigenvalue weighted by molar-refractivity contribution is 0.0367. The van der Waals surface area contributed by atoms with Gasteiger partial charge in [-0.2, -0.15) is 0 Å². The zero-order valence-electron chi connectivity index (χ0n) is 22.7. The van der Waals surface area contributed by atoms with Crippen LogP contribution in [-0.2, 0) is 4.74 Å². The molecule has 0 aliphatic heterocycles. The first-order chi connectivity index (χ1) is 15.2. The van der Waals surface area contributed by atoms with Crippen LogP contribution in [0.5, 0.6) is 0 Å². The quantitative estimate of drug-likeness (QED) is 0.129. The van der Waals surface area contributed by atoms with Gasteiger partial charge in [0.15, 0.2) is 0 Å². The molecule has 0 saturated heterocycles. The Balaban J connectivity index is 4.13. The van der Waals surface area contributed by atoms with Crippen LogP contribution < -0.4 is 0 Å². The van der Waals surface area contributed by atoms with Gasteiger partial charge in [0, 0.05) is 6.61 Å². The Morgan fingerprint density at radius 1 is 0.452 bits per heavy atom. The Morgan fingerprint density at radius 3 is 1.39 bits per heavy atom. The molecule has 188 valence electrons. The maximum Gasteiger partial charge on any atom is 0.0575 e. The molecule has 0 aromatic carbocycles. The molecule has 0 aromatic heterocycles. The van der Waals surface area contributed by atoms with Gasteiger partial charge >= 0.3 is 0 Å². The molecule has 0 amide bonds. The third-order valence-electron chi connectivity index (χ3n) is 7.40. The molecule has 0 N–H and O–H groups in total. The number of ether oxygens (including phenoxy) is 1. The van der Waals surface area contributed by atoms with Gasteiger partial charge in [0.25, 0.3) is 0 Å². The van der Waals surface area contributed by atoms with E-state index in [2.05, 4.69) is 34.6 Å². The molecule has 1 heteroatoms. The van der Waals surface area contributed by atoms with Crippen molar-refractivity contribution >= 4 is 0 Å². The highest BCUT2D eigenvalue weighted by Gasteiger charge is 2.27. The first-order valence-electron chi connectivity index (χ1n) is 14.8. The average Bonchev–Trinajstić information content (AvgIpc) is 2.79. The van der Waals surface area contributed by atoms with Crippen molar-refractivity contribution < 1.29 is 4.74 Å². The Hall–Kier alpha value is -0.0400. The zero-order valence-corrected chi connectivity index (χ0v) is 22.7. The Labute approximate surface area is 198 Å². The van der Waals surface area contributed by atoms with E-state index in [0.29, 0.717) is 11.5 Å². The Kier molecular flexibility index (Phi) is 23.1. The molecule has 0 aliphatic rings. The minimum absolute atomic E-state index is 0.530. The lowest BCUT2D eigenvalue weighted by atomic mass is 9.71. The summed E-state index contributed by atoms with van der Waals surface area (Å²) in [6, 6.07) is 0. The Bertz CT molecular complexity index is 316. The standard InChI is InChI=1S/C30H62O/c1-6-11-22-29(31-28-15-10-5)23-20-18-16-17-19-21-27-30(24-12-7-2,25-13-8-3)26-14-9-4/h29H,6-28H2,1-5H3. The maximum absolute atomic E-state index is 6.16. The van der Waals surface area contributed by atoms with Gasteiger partial charge < -0.3 is 4.74 Å². The van der Waals surface area contributed by atoms with Crippen LogP contribution in [0.3, 0.4) is 0 Å². The third kappa shape index (κ3) is 18.1. The lowest BCUT2D eigenvalue weighted by Gasteiger charge is -2.35. The first-order valence-corrected chi connectivity index (χ1v) is 14.8. The molecule has 0 radical (unpaired) electrons. The number of hydrogen-bond donors (Lipinski definition) is 0. The maximum atomic E-state index is 6.16. The largest absolute Gasteiger partial charge is 0.378 e. The molecular formula is C30H62O. The molecule has 0 bridgehead atoms. The van der Waals surface area contributed by atoms with Gasteiger partial charge in [-0.3, -0.25) is 0 Å². The van der Waals surface area contributed by atoms with Gasteiger partial charge in [-0.1, -0.05) is 131 Å². The summed E-state index contributed by atoms with van der Waals surface area (Å²) in [5, 5.41) is 0. The van der Waals surface area contributed by atoms with Crippen LogP contribution in [0.15, 0.2) is 0 Å². The number of rotatable bonds is 25. The topological polar surface area (TPSA) is 9.23 Å². The van der Waals surface area contributed by atoms with Crippen molar-refractivity contribution in [2.45, 2.75) is 182 Å². The van der Waals surface area contributed by atoms with Crippen molar-refractivity contribution in [3.05, 3.63) is 0 Å². The van der Waals surface area contributed by atoms with Crippen LogP contribution in [0.2, 0.25) is 0 Å². The number of hydrogen-bond acceptors (Lipinski definition) is 1. The molecular weight excluding hydrogens is 376 g/mol. The lowest BCUT2D eigenvalue weighted by Crippen LogP contribution is -2.21. The van der Waals surface area contributed by atoms with Crippen LogP contribution >= 0.6 is 0 Å². The second-order valence-corrected chi connectivity index (χ2v) is 10.5. The summed E-state index contributed by atoms with van der Waals surface area (Å²) in [4.78, 5) is 0. The fraction of sp³-hybridized carbons (Fsp3) is 1.00. The van der Waals surface area contributed by atoms with Crippen molar-refractivity contribution in [3.63, 3.8) is 0 Å². The highest BCUT2D eigenvalue weighted by Crippen LogP contribution is 2.41. The summed E-state index contributed by atoms with van der Waals surface area (Å²) in [5.74, 6) is 0. The van der Waals surface area contributed by atoms with E-state index < -0.39 is 0 Å². The van der Waals surface area contributed by atoms with Crippen LogP contribution in [-0.4, -0.2) is 12.7 Å². The molecule has 0 aliphatic carbocycles. The van der Waals surface area contributed by atoms with E-state index in [0.717, 1.165) is 6.61 Å². The molecule has 1 atom stereocenters. The monoisotopic (exact) mass is 438 g/mol. The molecule has 31 heavy (non-hydrogen) atoms. The SMILES string of the molecule is CCCCOC(CCCC)CCCCCCCCC(CCCC)(CCCC)CCCC. The minimum Gasteiger partial charge on any atom is -0.378 e. The molecule has 1 unspecified atom stereocenters. The second kappa shape index (κ2) is 23.1. The van der Waals surface area contributed by atoms with E-state index in [1.165, 1.54) is 141 Å². The summed E-state index contributed by atoms with van der Waals surface area (Å²) < 4.78 is 6.16. The summed E-state index contributed by atoms with van der Waals surface area (Å²) in [7, 11) is 0. The second-order valence-electron chi connectivity index (χ2n) is 10.5. The number of unbranched alkanes of at least 4 members (excludes halogenated alkanes) is 10. The van der Waals surface area contributed by atoms with Crippen molar-refractivity contribution in [1.29, 1.82) is 0 Å². The van der Waals surface area contributed by atoms with Crippen LogP contribution in [0.1, 0.15) is 176 Å². The van der Waals surface area contributed by atoms with E-state index in [1.54, 1.807) is 0 Å². The van der Waals surface area contributed by atoms with Gasteiger partial charge in [0.05, 0.1) is 6.10 Å². The smallest absolute Gasteiger partial charge is 0.0575 e. The summed E-state index contributed by atoms with van der Waals surface area (Å²) >= 11 is 0. The molecule has 0 aromatic rings. The normalized spacial score (nSPS) is 13.1. The predicted octanol–water partition coefficient (Wildman–Crippen LogP) is 11.0. The van der Waals surface area contributed by atoms with Crippen LogP contribution in [0.4, 0.5) is 0 Å². The van der Waals surface area contributed by atoms with E-state index in [1.807, 2.05) is 0 Å².